The summed E-state index contributed by atoms with van der Waals surface area (Å²) in [6, 6.07) is 7.62. The van der Waals surface area contributed by atoms with Crippen LogP contribution < -0.4 is 5.32 Å². The first-order chi connectivity index (χ1) is 8.22. The molecule has 3 nitrogen and oxygen atoms in total. The van der Waals surface area contributed by atoms with Crippen molar-refractivity contribution in [2.45, 2.75) is 24.7 Å². The molecule has 0 saturated heterocycles. The molecule has 0 atom stereocenters. The molecule has 0 saturated carbocycles. The third-order valence-electron chi connectivity index (χ3n) is 2.29. The van der Waals surface area contributed by atoms with Crippen LogP contribution in [-0.4, -0.2) is 25.7 Å². The highest BCUT2D eigenvalue weighted by molar-refractivity contribution is 7.80. The van der Waals surface area contributed by atoms with E-state index in [0.29, 0.717) is 19.6 Å². The number of amides is 1. The van der Waals surface area contributed by atoms with E-state index >= 15 is 0 Å². The van der Waals surface area contributed by atoms with E-state index in [1.807, 2.05) is 31.2 Å². The van der Waals surface area contributed by atoms with E-state index < -0.39 is 0 Å². The summed E-state index contributed by atoms with van der Waals surface area (Å²) in [4.78, 5) is 12.5. The number of carbonyl (C=O) groups is 1. The second-order valence-electron chi connectivity index (χ2n) is 3.74. The van der Waals surface area contributed by atoms with Crippen LogP contribution in [-0.2, 0) is 16.0 Å². The highest BCUT2D eigenvalue weighted by Gasteiger charge is 2.02. The second kappa shape index (κ2) is 8.14. The summed E-state index contributed by atoms with van der Waals surface area (Å²) in [5.74, 6) is 0.0495. The van der Waals surface area contributed by atoms with Gasteiger partial charge in [-0.25, -0.2) is 0 Å². The lowest BCUT2D eigenvalue weighted by Crippen LogP contribution is -2.26. The Morgan fingerprint density at radius 2 is 2.06 bits per heavy atom. The van der Waals surface area contributed by atoms with Crippen LogP contribution >= 0.6 is 12.6 Å². The van der Waals surface area contributed by atoms with Crippen LogP contribution in [0.4, 0.5) is 0 Å². The smallest absolute Gasteiger partial charge is 0.224 e. The third-order valence-corrected chi connectivity index (χ3v) is 2.59. The minimum Gasteiger partial charge on any atom is -0.382 e. The second-order valence-corrected chi connectivity index (χ2v) is 4.26. The van der Waals surface area contributed by atoms with Gasteiger partial charge in [0, 0.05) is 24.7 Å². The fourth-order valence-corrected chi connectivity index (χ4v) is 1.56. The standard InChI is InChI=1S/C13H19NO2S/c1-2-16-9-3-8-14-13(15)10-11-4-6-12(17)7-5-11/h4-7,17H,2-3,8-10H2,1H3,(H,14,15). The first-order valence-corrected chi connectivity index (χ1v) is 6.29. The number of thiol groups is 1. The van der Waals surface area contributed by atoms with E-state index in [-0.39, 0.29) is 5.91 Å². The molecule has 0 unspecified atom stereocenters. The molecule has 1 amide bonds. The quantitative estimate of drug-likeness (QED) is 0.576. The molecule has 0 heterocycles. The summed E-state index contributed by atoms with van der Waals surface area (Å²) < 4.78 is 5.19. The van der Waals surface area contributed by atoms with E-state index in [0.717, 1.165) is 23.5 Å². The molecular weight excluding hydrogens is 234 g/mol. The molecule has 0 bridgehead atoms. The molecule has 0 aliphatic rings. The van der Waals surface area contributed by atoms with Gasteiger partial charge in [-0.05, 0) is 31.0 Å². The molecule has 0 aliphatic carbocycles. The Hall–Kier alpha value is -1.00. The van der Waals surface area contributed by atoms with Crippen molar-refractivity contribution in [1.82, 2.24) is 5.32 Å². The first-order valence-electron chi connectivity index (χ1n) is 5.84. The topological polar surface area (TPSA) is 38.3 Å². The molecule has 0 fully saturated rings. The van der Waals surface area contributed by atoms with Crippen LogP contribution in [0, 0.1) is 0 Å². The molecule has 1 N–H and O–H groups in total. The molecule has 0 aromatic heterocycles. The molecule has 1 rings (SSSR count). The molecule has 4 heteroatoms. The zero-order valence-corrected chi connectivity index (χ0v) is 11.0. The third kappa shape index (κ3) is 6.34. The molecule has 1 aromatic carbocycles. The largest absolute Gasteiger partial charge is 0.382 e. The van der Waals surface area contributed by atoms with E-state index in [1.165, 1.54) is 0 Å². The molecule has 1 aromatic rings. The van der Waals surface area contributed by atoms with Gasteiger partial charge >= 0.3 is 0 Å². The van der Waals surface area contributed by atoms with Crippen LogP contribution in [0.1, 0.15) is 18.9 Å². The summed E-state index contributed by atoms with van der Waals surface area (Å²) in [5.41, 5.74) is 1.00. The van der Waals surface area contributed by atoms with Gasteiger partial charge in [0.05, 0.1) is 6.42 Å². The number of carbonyl (C=O) groups excluding carboxylic acids is 1. The minimum atomic E-state index is 0.0495. The zero-order valence-electron chi connectivity index (χ0n) is 10.1. The van der Waals surface area contributed by atoms with Crippen molar-refractivity contribution in [2.75, 3.05) is 19.8 Å². The van der Waals surface area contributed by atoms with Gasteiger partial charge in [0.2, 0.25) is 5.91 Å². The van der Waals surface area contributed by atoms with Crippen molar-refractivity contribution in [1.29, 1.82) is 0 Å². The predicted molar refractivity (Wildman–Crippen MR) is 71.5 cm³/mol. The normalized spacial score (nSPS) is 10.2. The fourth-order valence-electron chi connectivity index (χ4n) is 1.41. The Morgan fingerprint density at radius 1 is 1.35 bits per heavy atom. The highest BCUT2D eigenvalue weighted by atomic mass is 32.1. The van der Waals surface area contributed by atoms with Gasteiger partial charge in [0.15, 0.2) is 0 Å². The van der Waals surface area contributed by atoms with E-state index in [4.69, 9.17) is 4.74 Å². The molecule has 0 spiro atoms. The fraction of sp³-hybridized carbons (Fsp3) is 0.462. The maximum atomic E-state index is 11.6. The van der Waals surface area contributed by atoms with Crippen molar-refractivity contribution in [3.63, 3.8) is 0 Å². The van der Waals surface area contributed by atoms with E-state index in [1.54, 1.807) is 0 Å². The van der Waals surface area contributed by atoms with Crippen molar-refractivity contribution in [2.24, 2.45) is 0 Å². The lowest BCUT2D eigenvalue weighted by molar-refractivity contribution is -0.120. The molecular formula is C13H19NO2S. The van der Waals surface area contributed by atoms with Crippen molar-refractivity contribution >= 4 is 18.5 Å². The lowest BCUT2D eigenvalue weighted by Gasteiger charge is -2.05. The van der Waals surface area contributed by atoms with Gasteiger partial charge in [-0.1, -0.05) is 12.1 Å². The van der Waals surface area contributed by atoms with Crippen LogP contribution in [0.15, 0.2) is 29.2 Å². The predicted octanol–water partition coefficient (Wildman–Crippen LogP) is 2.06. The van der Waals surface area contributed by atoms with Crippen molar-refractivity contribution < 1.29 is 9.53 Å². The Bertz CT molecular complexity index is 338. The van der Waals surface area contributed by atoms with Gasteiger partial charge in [-0.2, -0.15) is 0 Å². The van der Waals surface area contributed by atoms with Gasteiger partial charge in [-0.3, -0.25) is 4.79 Å². The average molecular weight is 253 g/mol. The molecule has 94 valence electrons. The Labute approximate surface area is 108 Å². The maximum Gasteiger partial charge on any atom is 0.224 e. The van der Waals surface area contributed by atoms with Gasteiger partial charge in [0.1, 0.15) is 0 Å². The molecule has 17 heavy (non-hydrogen) atoms. The SMILES string of the molecule is CCOCCCNC(=O)Cc1ccc(S)cc1. The van der Waals surface area contributed by atoms with Gasteiger partial charge < -0.3 is 10.1 Å². The maximum absolute atomic E-state index is 11.6. The van der Waals surface area contributed by atoms with Crippen LogP contribution in [0.3, 0.4) is 0 Å². The first kappa shape index (κ1) is 14.1. The number of hydrogen-bond donors (Lipinski definition) is 2. The summed E-state index contributed by atoms with van der Waals surface area (Å²) >= 11 is 4.20. The highest BCUT2D eigenvalue weighted by Crippen LogP contribution is 2.08. The monoisotopic (exact) mass is 253 g/mol. The number of ether oxygens (including phenoxy) is 1. The summed E-state index contributed by atoms with van der Waals surface area (Å²) in [7, 11) is 0. The average Bonchev–Trinajstić information content (AvgIpc) is 2.32. The van der Waals surface area contributed by atoms with Crippen LogP contribution in [0.2, 0.25) is 0 Å². The Balaban J connectivity index is 2.18. The number of nitrogens with one attached hydrogen (secondary N) is 1. The number of hydrogen-bond acceptors (Lipinski definition) is 3. The number of rotatable bonds is 7. The zero-order chi connectivity index (χ0) is 12.5. The van der Waals surface area contributed by atoms with Crippen LogP contribution in [0.25, 0.3) is 0 Å². The summed E-state index contributed by atoms with van der Waals surface area (Å²) in [6.07, 6.45) is 1.28. The lowest BCUT2D eigenvalue weighted by atomic mass is 10.1. The summed E-state index contributed by atoms with van der Waals surface area (Å²) in [5, 5.41) is 2.87. The summed E-state index contributed by atoms with van der Waals surface area (Å²) in [6.45, 7) is 4.06. The number of benzene rings is 1. The molecule has 0 radical (unpaired) electrons. The van der Waals surface area contributed by atoms with Gasteiger partial charge in [-0.15, -0.1) is 12.6 Å². The van der Waals surface area contributed by atoms with Gasteiger partial charge in [0.25, 0.3) is 0 Å². The minimum absolute atomic E-state index is 0.0495. The molecule has 0 aliphatic heterocycles. The van der Waals surface area contributed by atoms with Crippen LogP contribution in [0.5, 0.6) is 0 Å². The van der Waals surface area contributed by atoms with E-state index in [2.05, 4.69) is 17.9 Å². The van der Waals surface area contributed by atoms with E-state index in [9.17, 15) is 4.79 Å². The van der Waals surface area contributed by atoms with Crippen molar-refractivity contribution in [3.05, 3.63) is 29.8 Å². The van der Waals surface area contributed by atoms with Crippen molar-refractivity contribution in [3.8, 4) is 0 Å². The Kier molecular flexibility index (Phi) is 6.74. The Morgan fingerprint density at radius 3 is 2.71 bits per heavy atom.